The van der Waals surface area contributed by atoms with E-state index < -0.39 is 17.7 Å². The number of fused-ring (bicyclic) bond motifs is 4. The molecule has 1 N–H and O–H groups in total. The predicted octanol–water partition coefficient (Wildman–Crippen LogP) is 4.96. The van der Waals surface area contributed by atoms with Gasteiger partial charge in [0.05, 0.1) is 34.0 Å². The molecular weight excluding hydrogens is 504 g/mol. The van der Waals surface area contributed by atoms with Crippen molar-refractivity contribution < 1.29 is 43.1 Å². The number of carbonyl (C=O) groups excluding carboxylic acids is 1. The monoisotopic (exact) mass is 536 g/mol. The Labute approximate surface area is 227 Å². The van der Waals surface area contributed by atoms with E-state index in [9.17, 15) is 9.90 Å². The molecule has 9 nitrogen and oxygen atoms in total. The van der Waals surface area contributed by atoms with Crippen LogP contribution in [0, 0.1) is 5.92 Å². The maximum absolute atomic E-state index is 13.4. The first kappa shape index (κ1) is 26.5. The standard InChI is InChI=1S/C30H32O9/c1-16-12-18-13-21-25(38-15-37-21)26(35-5)22(18)23-19(14-20(33-3)24(34-4)27(23)36-6)28(30(16,2)32)39-29(31)17-10-8-7-9-11-17/h7-11,13-14,16,28,32H,12,15H2,1-6H3/t16-,28+,30-/m0/s1. The van der Waals surface area contributed by atoms with Crippen molar-refractivity contribution in [3.05, 3.63) is 59.2 Å². The van der Waals surface area contributed by atoms with Crippen LogP contribution in [0.15, 0.2) is 42.5 Å². The number of benzene rings is 3. The van der Waals surface area contributed by atoms with Crippen LogP contribution >= 0.6 is 0 Å². The summed E-state index contributed by atoms with van der Waals surface area (Å²) in [6.07, 6.45) is -0.710. The second kappa shape index (κ2) is 10.2. The highest BCUT2D eigenvalue weighted by Gasteiger charge is 2.47. The zero-order valence-corrected chi connectivity index (χ0v) is 22.8. The highest BCUT2D eigenvalue weighted by molar-refractivity contribution is 5.91. The summed E-state index contributed by atoms with van der Waals surface area (Å²) in [4.78, 5) is 13.4. The first-order chi connectivity index (χ1) is 18.8. The average Bonchev–Trinajstić information content (AvgIpc) is 3.42. The van der Waals surface area contributed by atoms with Crippen molar-refractivity contribution >= 4 is 5.97 Å². The van der Waals surface area contributed by atoms with E-state index >= 15 is 0 Å². The van der Waals surface area contributed by atoms with E-state index in [0.717, 1.165) is 5.56 Å². The molecule has 206 valence electrons. The fourth-order valence-corrected chi connectivity index (χ4v) is 5.37. The zero-order chi connectivity index (χ0) is 27.9. The molecule has 1 aliphatic heterocycles. The molecule has 3 aromatic rings. The van der Waals surface area contributed by atoms with E-state index in [-0.39, 0.29) is 12.7 Å². The maximum Gasteiger partial charge on any atom is 0.338 e. The van der Waals surface area contributed by atoms with Gasteiger partial charge in [-0.15, -0.1) is 0 Å². The minimum absolute atomic E-state index is 0.0507. The first-order valence-corrected chi connectivity index (χ1v) is 12.6. The number of aliphatic hydroxyl groups is 1. The molecule has 39 heavy (non-hydrogen) atoms. The lowest BCUT2D eigenvalue weighted by Gasteiger charge is -2.41. The Morgan fingerprint density at radius 2 is 1.62 bits per heavy atom. The summed E-state index contributed by atoms with van der Waals surface area (Å²) in [6.45, 7) is 3.63. The number of esters is 1. The molecule has 0 saturated carbocycles. The van der Waals surface area contributed by atoms with Gasteiger partial charge in [-0.2, -0.15) is 0 Å². The molecule has 1 aliphatic carbocycles. The van der Waals surface area contributed by atoms with Crippen molar-refractivity contribution in [1.29, 1.82) is 0 Å². The average molecular weight is 537 g/mol. The van der Waals surface area contributed by atoms with E-state index in [4.69, 9.17) is 33.2 Å². The van der Waals surface area contributed by atoms with Crippen molar-refractivity contribution in [2.75, 3.05) is 35.2 Å². The van der Waals surface area contributed by atoms with Crippen LogP contribution in [0.1, 0.15) is 41.4 Å². The van der Waals surface area contributed by atoms with Crippen LogP contribution in [-0.2, 0) is 11.2 Å². The SMILES string of the molecule is COc1cc2c(c(OC)c1OC)-c1c(cc3c(c1OC)OCO3)C[C@H](C)[C@](C)(O)[C@@H]2OC(=O)c1ccccc1. The van der Waals surface area contributed by atoms with Gasteiger partial charge in [0.1, 0.15) is 5.60 Å². The molecule has 0 fully saturated rings. The number of hydrogen-bond acceptors (Lipinski definition) is 9. The Balaban J connectivity index is 1.87. The van der Waals surface area contributed by atoms with E-state index in [1.54, 1.807) is 44.4 Å². The third kappa shape index (κ3) is 4.27. The first-order valence-electron chi connectivity index (χ1n) is 12.6. The quantitative estimate of drug-likeness (QED) is 0.438. The summed E-state index contributed by atoms with van der Waals surface area (Å²) in [6, 6.07) is 12.3. The van der Waals surface area contributed by atoms with Crippen LogP contribution in [-0.4, -0.2) is 51.9 Å². The van der Waals surface area contributed by atoms with E-state index in [1.807, 2.05) is 19.1 Å². The van der Waals surface area contributed by atoms with Crippen LogP contribution in [0.5, 0.6) is 34.5 Å². The van der Waals surface area contributed by atoms with E-state index in [0.29, 0.717) is 63.2 Å². The number of hydrogen-bond donors (Lipinski definition) is 1. The molecule has 0 saturated heterocycles. The molecule has 2 aliphatic rings. The Morgan fingerprint density at radius 3 is 2.26 bits per heavy atom. The molecule has 0 unspecified atom stereocenters. The molecule has 0 radical (unpaired) electrons. The summed E-state index contributed by atoms with van der Waals surface area (Å²) >= 11 is 0. The maximum atomic E-state index is 13.4. The minimum Gasteiger partial charge on any atom is -0.493 e. The molecule has 0 spiro atoms. The van der Waals surface area contributed by atoms with Gasteiger partial charge in [0.2, 0.25) is 18.3 Å². The summed E-state index contributed by atoms with van der Waals surface area (Å²) in [7, 11) is 6.08. The van der Waals surface area contributed by atoms with Crippen molar-refractivity contribution in [3.63, 3.8) is 0 Å². The summed E-state index contributed by atoms with van der Waals surface area (Å²) in [5.41, 5.74) is 1.34. The summed E-state index contributed by atoms with van der Waals surface area (Å²) < 4.78 is 40.9. The lowest BCUT2D eigenvalue weighted by Crippen LogP contribution is -2.43. The van der Waals surface area contributed by atoms with Gasteiger partial charge in [0.25, 0.3) is 0 Å². The predicted molar refractivity (Wildman–Crippen MR) is 142 cm³/mol. The van der Waals surface area contributed by atoms with Crippen LogP contribution in [0.4, 0.5) is 0 Å². The third-order valence-electron chi connectivity index (χ3n) is 7.59. The van der Waals surface area contributed by atoms with Gasteiger partial charge in [-0.05, 0) is 49.1 Å². The fourth-order valence-electron chi connectivity index (χ4n) is 5.37. The Kier molecular flexibility index (Phi) is 6.94. The molecular formula is C30H32O9. The van der Waals surface area contributed by atoms with E-state index in [2.05, 4.69) is 0 Å². The molecule has 0 amide bonds. The summed E-state index contributed by atoms with van der Waals surface area (Å²) in [5.74, 6) is 1.51. The fraction of sp³-hybridized carbons (Fsp3) is 0.367. The van der Waals surface area contributed by atoms with Crippen molar-refractivity contribution in [2.45, 2.75) is 32.0 Å². The summed E-state index contributed by atoms with van der Waals surface area (Å²) in [5, 5.41) is 12.1. The molecule has 0 aromatic heterocycles. The van der Waals surface area contributed by atoms with E-state index in [1.165, 1.54) is 21.3 Å². The molecule has 5 rings (SSSR count). The van der Waals surface area contributed by atoms with Gasteiger partial charge in [0.15, 0.2) is 29.1 Å². The topological polar surface area (TPSA) is 102 Å². The number of methoxy groups -OCH3 is 4. The smallest absolute Gasteiger partial charge is 0.338 e. The second-order valence-corrected chi connectivity index (χ2v) is 9.77. The normalized spacial score (nSPS) is 21.1. The van der Waals surface area contributed by atoms with Gasteiger partial charge in [0, 0.05) is 16.7 Å². The molecule has 0 bridgehead atoms. The van der Waals surface area contributed by atoms with Crippen LogP contribution in [0.25, 0.3) is 11.1 Å². The third-order valence-corrected chi connectivity index (χ3v) is 7.59. The van der Waals surface area contributed by atoms with Gasteiger partial charge in [-0.3, -0.25) is 0 Å². The lowest BCUT2D eigenvalue weighted by atomic mass is 9.73. The van der Waals surface area contributed by atoms with Crippen LogP contribution < -0.4 is 28.4 Å². The molecule has 1 heterocycles. The van der Waals surface area contributed by atoms with Crippen LogP contribution in [0.3, 0.4) is 0 Å². The Bertz CT molecular complexity index is 1400. The molecule has 3 atom stereocenters. The largest absolute Gasteiger partial charge is 0.493 e. The number of ether oxygens (including phenoxy) is 7. The highest BCUT2D eigenvalue weighted by atomic mass is 16.7. The minimum atomic E-state index is -1.51. The zero-order valence-electron chi connectivity index (χ0n) is 22.8. The van der Waals surface area contributed by atoms with Gasteiger partial charge >= 0.3 is 5.97 Å². The van der Waals surface area contributed by atoms with Gasteiger partial charge in [-0.1, -0.05) is 25.1 Å². The second-order valence-electron chi connectivity index (χ2n) is 9.77. The lowest BCUT2D eigenvalue weighted by molar-refractivity contribution is -0.107. The Hall–Kier alpha value is -4.11. The van der Waals surface area contributed by atoms with Crippen molar-refractivity contribution in [1.82, 2.24) is 0 Å². The Morgan fingerprint density at radius 1 is 0.923 bits per heavy atom. The van der Waals surface area contributed by atoms with Crippen molar-refractivity contribution in [2.24, 2.45) is 5.92 Å². The number of carbonyl (C=O) groups is 1. The number of rotatable bonds is 6. The van der Waals surface area contributed by atoms with Gasteiger partial charge in [-0.25, -0.2) is 4.79 Å². The van der Waals surface area contributed by atoms with Crippen molar-refractivity contribution in [3.8, 4) is 45.6 Å². The highest BCUT2D eigenvalue weighted by Crippen LogP contribution is 2.59. The van der Waals surface area contributed by atoms with Crippen LogP contribution in [0.2, 0.25) is 0 Å². The van der Waals surface area contributed by atoms with Gasteiger partial charge < -0.3 is 38.3 Å². The molecule has 3 aromatic carbocycles. The molecule has 9 heteroatoms.